The lowest BCUT2D eigenvalue weighted by atomic mass is 10.3. The number of aryl methyl sites for hydroxylation is 1. The molecule has 2 aromatic rings. The van der Waals surface area contributed by atoms with Crippen molar-refractivity contribution in [3.05, 3.63) is 28.9 Å². The number of thiazole rings is 1. The van der Waals surface area contributed by atoms with E-state index in [0.717, 1.165) is 5.69 Å². The molecule has 2 rings (SSSR count). The first-order valence-corrected chi connectivity index (χ1v) is 6.47. The zero-order valence-corrected chi connectivity index (χ0v) is 11.8. The fourth-order valence-corrected chi connectivity index (χ4v) is 2.27. The molecule has 0 unspecified atom stereocenters. The van der Waals surface area contributed by atoms with Gasteiger partial charge >= 0.3 is 0 Å². The Hall–Kier alpha value is -2.15. The molecular formula is C12H15N5OS. The first kappa shape index (κ1) is 13.3. The van der Waals surface area contributed by atoms with Crippen LogP contribution in [0.25, 0.3) is 0 Å². The van der Waals surface area contributed by atoms with Crippen molar-refractivity contribution in [2.45, 2.75) is 6.92 Å². The predicted molar refractivity (Wildman–Crippen MR) is 77.8 cm³/mol. The fraction of sp³-hybridized carbons (Fsp3) is 0.250. The van der Waals surface area contributed by atoms with Crippen LogP contribution in [0, 0.1) is 6.92 Å². The first-order chi connectivity index (χ1) is 8.99. The number of carbonyl (C=O) groups is 1. The monoisotopic (exact) mass is 277 g/mol. The van der Waals surface area contributed by atoms with Gasteiger partial charge in [0.1, 0.15) is 10.7 Å². The van der Waals surface area contributed by atoms with Gasteiger partial charge in [-0.25, -0.2) is 4.98 Å². The third-order valence-electron chi connectivity index (χ3n) is 2.49. The van der Waals surface area contributed by atoms with Gasteiger partial charge in [0.2, 0.25) is 0 Å². The van der Waals surface area contributed by atoms with Crippen LogP contribution >= 0.6 is 11.3 Å². The van der Waals surface area contributed by atoms with Crippen molar-refractivity contribution in [1.82, 2.24) is 9.97 Å². The average molecular weight is 277 g/mol. The van der Waals surface area contributed by atoms with E-state index < -0.39 is 0 Å². The highest BCUT2D eigenvalue weighted by molar-refractivity contribution is 7.18. The van der Waals surface area contributed by atoms with E-state index in [1.54, 1.807) is 18.3 Å². The van der Waals surface area contributed by atoms with Crippen LogP contribution in [0.2, 0.25) is 0 Å². The van der Waals surface area contributed by atoms with E-state index in [0.29, 0.717) is 15.7 Å². The lowest BCUT2D eigenvalue weighted by Gasteiger charge is -2.06. The van der Waals surface area contributed by atoms with Gasteiger partial charge in [0.25, 0.3) is 5.91 Å². The predicted octanol–water partition coefficient (Wildman–Crippen LogP) is 1.75. The molecule has 0 radical (unpaired) electrons. The minimum Gasteiger partial charge on any atom is -0.382 e. The summed E-state index contributed by atoms with van der Waals surface area (Å²) in [5, 5.41) is 3.49. The van der Waals surface area contributed by atoms with E-state index in [1.807, 2.05) is 25.9 Å². The van der Waals surface area contributed by atoms with Gasteiger partial charge in [-0.1, -0.05) is 11.3 Å². The standard InChI is InChI=1S/C12H15N5OS/c1-7-8(5-4-6-14-7)15-11(18)9-10(13)16-12(19-9)17(2)3/h4-6H,13H2,1-3H3,(H,15,18). The van der Waals surface area contributed by atoms with Crippen LogP contribution in [0.5, 0.6) is 0 Å². The lowest BCUT2D eigenvalue weighted by Crippen LogP contribution is -2.13. The van der Waals surface area contributed by atoms with E-state index >= 15 is 0 Å². The van der Waals surface area contributed by atoms with Crippen LogP contribution in [-0.4, -0.2) is 30.0 Å². The summed E-state index contributed by atoms with van der Waals surface area (Å²) in [6.45, 7) is 1.83. The van der Waals surface area contributed by atoms with Gasteiger partial charge in [0.15, 0.2) is 5.13 Å². The summed E-state index contributed by atoms with van der Waals surface area (Å²) >= 11 is 1.26. The number of aromatic nitrogens is 2. The molecule has 0 saturated carbocycles. The third-order valence-corrected chi connectivity index (χ3v) is 3.72. The van der Waals surface area contributed by atoms with Crippen molar-refractivity contribution >= 4 is 33.9 Å². The van der Waals surface area contributed by atoms with Crippen LogP contribution in [-0.2, 0) is 0 Å². The largest absolute Gasteiger partial charge is 0.382 e. The Labute approximate surface area is 115 Å². The Bertz CT molecular complexity index is 608. The van der Waals surface area contributed by atoms with E-state index in [-0.39, 0.29) is 11.7 Å². The third kappa shape index (κ3) is 2.82. The highest BCUT2D eigenvalue weighted by Crippen LogP contribution is 2.27. The highest BCUT2D eigenvalue weighted by Gasteiger charge is 2.17. The Kier molecular flexibility index (Phi) is 3.66. The zero-order valence-electron chi connectivity index (χ0n) is 11.0. The number of nitrogens with two attached hydrogens (primary N) is 1. The van der Waals surface area contributed by atoms with Crippen molar-refractivity contribution in [3.8, 4) is 0 Å². The number of nitrogens with one attached hydrogen (secondary N) is 1. The minimum atomic E-state index is -0.265. The highest BCUT2D eigenvalue weighted by atomic mass is 32.1. The lowest BCUT2D eigenvalue weighted by molar-refractivity contribution is 0.103. The van der Waals surface area contributed by atoms with Gasteiger partial charge in [-0.15, -0.1) is 0 Å². The molecule has 1 amide bonds. The van der Waals surface area contributed by atoms with E-state index in [1.165, 1.54) is 11.3 Å². The topological polar surface area (TPSA) is 84.1 Å². The Balaban J connectivity index is 2.23. The van der Waals surface area contributed by atoms with E-state index in [4.69, 9.17) is 5.73 Å². The van der Waals surface area contributed by atoms with E-state index in [2.05, 4.69) is 15.3 Å². The number of pyridine rings is 1. The molecule has 0 aliphatic carbocycles. The molecule has 6 nitrogen and oxygen atoms in total. The second-order valence-electron chi connectivity index (χ2n) is 4.20. The molecule has 0 aliphatic rings. The summed E-state index contributed by atoms with van der Waals surface area (Å²) in [5.41, 5.74) is 7.20. The number of hydrogen-bond acceptors (Lipinski definition) is 6. The summed E-state index contributed by atoms with van der Waals surface area (Å²) in [5.74, 6) is -0.0213. The van der Waals surface area contributed by atoms with Crippen molar-refractivity contribution in [1.29, 1.82) is 0 Å². The number of carbonyl (C=O) groups excluding carboxylic acids is 1. The average Bonchev–Trinajstić information content (AvgIpc) is 2.74. The fourth-order valence-electron chi connectivity index (χ4n) is 1.47. The maximum atomic E-state index is 12.2. The number of hydrogen-bond donors (Lipinski definition) is 2. The molecule has 19 heavy (non-hydrogen) atoms. The molecule has 0 spiro atoms. The number of anilines is 3. The smallest absolute Gasteiger partial charge is 0.269 e. The van der Waals surface area contributed by atoms with Gasteiger partial charge in [-0.2, -0.15) is 0 Å². The Morgan fingerprint density at radius 1 is 1.47 bits per heavy atom. The molecule has 0 aromatic carbocycles. The van der Waals surface area contributed by atoms with Crippen molar-refractivity contribution in [3.63, 3.8) is 0 Å². The zero-order chi connectivity index (χ0) is 14.0. The molecule has 0 saturated heterocycles. The molecule has 0 fully saturated rings. The van der Waals surface area contributed by atoms with Gasteiger partial charge < -0.3 is 16.0 Å². The molecule has 0 bridgehead atoms. The minimum absolute atomic E-state index is 0.243. The van der Waals surface area contributed by atoms with E-state index in [9.17, 15) is 4.79 Å². The molecule has 2 heterocycles. The second-order valence-corrected chi connectivity index (χ2v) is 5.17. The van der Waals surface area contributed by atoms with Crippen molar-refractivity contribution in [2.75, 3.05) is 30.0 Å². The van der Waals surface area contributed by atoms with Crippen LogP contribution in [0.1, 0.15) is 15.4 Å². The maximum absolute atomic E-state index is 12.2. The van der Waals surface area contributed by atoms with Gasteiger partial charge in [0.05, 0.1) is 11.4 Å². The first-order valence-electron chi connectivity index (χ1n) is 5.65. The maximum Gasteiger partial charge on any atom is 0.269 e. The second kappa shape index (κ2) is 5.23. The summed E-state index contributed by atoms with van der Waals surface area (Å²) in [6.07, 6.45) is 1.68. The normalized spacial score (nSPS) is 10.3. The molecule has 0 aliphatic heterocycles. The molecule has 2 aromatic heterocycles. The van der Waals surface area contributed by atoms with Gasteiger partial charge in [-0.3, -0.25) is 9.78 Å². The number of amides is 1. The summed E-state index contributed by atoms with van der Waals surface area (Å²) in [7, 11) is 3.70. The van der Waals surface area contributed by atoms with Crippen molar-refractivity contribution < 1.29 is 4.79 Å². The molecular weight excluding hydrogens is 262 g/mol. The molecule has 100 valence electrons. The number of nitrogen functional groups attached to an aromatic ring is 1. The molecule has 3 N–H and O–H groups in total. The van der Waals surface area contributed by atoms with Crippen molar-refractivity contribution in [2.24, 2.45) is 0 Å². The van der Waals surface area contributed by atoms with Gasteiger partial charge in [-0.05, 0) is 19.1 Å². The van der Waals surface area contributed by atoms with Crippen LogP contribution < -0.4 is 16.0 Å². The van der Waals surface area contributed by atoms with Crippen LogP contribution in [0.3, 0.4) is 0 Å². The van der Waals surface area contributed by atoms with Crippen LogP contribution in [0.15, 0.2) is 18.3 Å². The number of rotatable bonds is 3. The summed E-state index contributed by atoms with van der Waals surface area (Å²) < 4.78 is 0. The Morgan fingerprint density at radius 2 is 2.21 bits per heavy atom. The van der Waals surface area contributed by atoms with Crippen LogP contribution in [0.4, 0.5) is 16.6 Å². The SMILES string of the molecule is Cc1ncccc1NC(=O)c1sc(N(C)C)nc1N. The summed E-state index contributed by atoms with van der Waals surface area (Å²) in [6, 6.07) is 3.56. The Morgan fingerprint density at radius 3 is 2.79 bits per heavy atom. The summed E-state index contributed by atoms with van der Waals surface area (Å²) in [4.78, 5) is 22.6. The van der Waals surface area contributed by atoms with Gasteiger partial charge in [0, 0.05) is 20.3 Å². The quantitative estimate of drug-likeness (QED) is 0.893. The number of nitrogens with zero attached hydrogens (tertiary/aromatic N) is 3. The molecule has 0 atom stereocenters. The molecule has 7 heteroatoms.